The summed E-state index contributed by atoms with van der Waals surface area (Å²) in [4.78, 5) is 20.8. The molecule has 0 atom stereocenters. The van der Waals surface area contributed by atoms with Gasteiger partial charge in [0.15, 0.2) is 0 Å². The Kier molecular flexibility index (Phi) is 10.1. The third-order valence-corrected chi connectivity index (χ3v) is 5.21. The maximum atomic E-state index is 10.4. The molecule has 0 aliphatic heterocycles. The van der Waals surface area contributed by atoms with Gasteiger partial charge in [-0.15, -0.1) is 0 Å². The van der Waals surface area contributed by atoms with Gasteiger partial charge in [-0.05, 0) is 93.7 Å². The van der Waals surface area contributed by atoms with Crippen LogP contribution in [0, 0.1) is 34.6 Å². The first kappa shape index (κ1) is 24.4. The fourth-order valence-corrected chi connectivity index (χ4v) is 3.53. The van der Waals surface area contributed by atoms with Gasteiger partial charge in [-0.1, -0.05) is 35.9 Å². The zero-order valence-electron chi connectivity index (χ0n) is 18.3. The second kappa shape index (κ2) is 12.1. The second-order valence-electron chi connectivity index (χ2n) is 7.73. The number of rotatable bonds is 8. The zero-order chi connectivity index (χ0) is 22.0. The van der Waals surface area contributed by atoms with Crippen LogP contribution >= 0.6 is 0 Å². The molecule has 2 aromatic rings. The Balaban J connectivity index is 0.000000291. The summed E-state index contributed by atoms with van der Waals surface area (Å²) in [6, 6.07) is 10.5. The van der Waals surface area contributed by atoms with Gasteiger partial charge >= 0.3 is 11.9 Å². The van der Waals surface area contributed by atoms with Gasteiger partial charge in [-0.2, -0.15) is 0 Å². The fraction of sp³-hybridized carbons (Fsp3) is 0.440. The Bertz CT molecular complexity index is 814. The van der Waals surface area contributed by atoms with E-state index in [-0.39, 0.29) is 12.8 Å². The third-order valence-electron chi connectivity index (χ3n) is 5.21. The zero-order valence-corrected chi connectivity index (χ0v) is 18.3. The van der Waals surface area contributed by atoms with Crippen LogP contribution in [0.1, 0.15) is 64.6 Å². The minimum Gasteiger partial charge on any atom is -0.481 e. The maximum absolute atomic E-state index is 10.4. The molecule has 0 amide bonds. The molecule has 0 aliphatic carbocycles. The first-order valence-corrected chi connectivity index (χ1v) is 10.2. The number of carboxylic acid groups (broad SMARTS) is 2. The lowest BCUT2D eigenvalue weighted by molar-refractivity contribution is -0.138. The van der Waals surface area contributed by atoms with E-state index in [9.17, 15) is 9.59 Å². The predicted octanol–water partition coefficient (Wildman–Crippen LogP) is 5.73. The van der Waals surface area contributed by atoms with Crippen LogP contribution in [0.3, 0.4) is 0 Å². The van der Waals surface area contributed by atoms with Gasteiger partial charge in [0.25, 0.3) is 0 Å². The Labute approximate surface area is 174 Å². The van der Waals surface area contributed by atoms with Crippen LogP contribution in [0.4, 0.5) is 0 Å². The van der Waals surface area contributed by atoms with Crippen molar-refractivity contribution in [2.24, 2.45) is 0 Å². The van der Waals surface area contributed by atoms with E-state index >= 15 is 0 Å². The molecule has 4 nitrogen and oxygen atoms in total. The molecule has 0 aliphatic rings. The summed E-state index contributed by atoms with van der Waals surface area (Å²) >= 11 is 0. The monoisotopic (exact) mass is 398 g/mol. The number of benzene rings is 2. The number of hydrogen-bond acceptors (Lipinski definition) is 2. The summed E-state index contributed by atoms with van der Waals surface area (Å²) in [7, 11) is 0. The highest BCUT2D eigenvalue weighted by atomic mass is 16.4. The molecule has 29 heavy (non-hydrogen) atoms. The topological polar surface area (TPSA) is 74.6 Å². The molecular formula is C25H34O4. The molecule has 0 spiro atoms. The fourth-order valence-electron chi connectivity index (χ4n) is 3.53. The Hall–Kier alpha value is -2.62. The van der Waals surface area contributed by atoms with E-state index in [1.807, 2.05) is 6.07 Å². The van der Waals surface area contributed by atoms with Gasteiger partial charge in [-0.3, -0.25) is 9.59 Å². The van der Waals surface area contributed by atoms with Gasteiger partial charge in [0.05, 0.1) is 0 Å². The van der Waals surface area contributed by atoms with Crippen LogP contribution in [0.2, 0.25) is 0 Å². The van der Waals surface area contributed by atoms with Gasteiger partial charge in [0, 0.05) is 12.8 Å². The Morgan fingerprint density at radius 2 is 1.28 bits per heavy atom. The van der Waals surface area contributed by atoms with Gasteiger partial charge in [0.2, 0.25) is 0 Å². The molecule has 0 bridgehead atoms. The van der Waals surface area contributed by atoms with Crippen molar-refractivity contribution in [3.8, 4) is 0 Å². The number of carbonyl (C=O) groups is 2. The van der Waals surface area contributed by atoms with E-state index in [2.05, 4.69) is 58.9 Å². The Morgan fingerprint density at radius 3 is 1.79 bits per heavy atom. The largest absolute Gasteiger partial charge is 0.481 e. The number of hydrogen-bond donors (Lipinski definition) is 2. The molecule has 0 fully saturated rings. The van der Waals surface area contributed by atoms with Gasteiger partial charge < -0.3 is 10.2 Å². The minimum absolute atomic E-state index is 0.257. The summed E-state index contributed by atoms with van der Waals surface area (Å²) in [6.45, 7) is 10.4. The molecule has 2 rings (SSSR count). The lowest BCUT2D eigenvalue weighted by atomic mass is 9.96. The molecule has 2 aromatic carbocycles. The van der Waals surface area contributed by atoms with Crippen molar-refractivity contribution in [3.05, 3.63) is 69.3 Å². The van der Waals surface area contributed by atoms with Crippen molar-refractivity contribution in [2.45, 2.75) is 73.1 Å². The predicted molar refractivity (Wildman–Crippen MR) is 118 cm³/mol. The van der Waals surface area contributed by atoms with Crippen LogP contribution in [-0.4, -0.2) is 22.2 Å². The van der Waals surface area contributed by atoms with E-state index in [4.69, 9.17) is 10.2 Å². The lowest BCUT2D eigenvalue weighted by Crippen LogP contribution is -1.99. The minimum atomic E-state index is -0.713. The van der Waals surface area contributed by atoms with E-state index in [1.165, 1.54) is 38.9 Å². The first-order chi connectivity index (χ1) is 13.6. The normalized spacial score (nSPS) is 10.2. The van der Waals surface area contributed by atoms with E-state index in [1.54, 1.807) is 0 Å². The van der Waals surface area contributed by atoms with Crippen LogP contribution in [-0.2, 0) is 22.4 Å². The summed E-state index contributed by atoms with van der Waals surface area (Å²) in [6.07, 6.45) is 3.68. The van der Waals surface area contributed by atoms with Crippen LogP contribution in [0.15, 0.2) is 30.3 Å². The standard InChI is InChI=1S/C13H18O2.C12H16O2/c1-9-7-10(2)12(11(3)8-9)5-4-6-13(14)15;1-9-5-3-6-11(10(9)2)7-4-8-12(13)14/h7-8H,4-6H2,1-3H3,(H,14,15);3,5-6H,4,7-8H2,1-2H3,(H,13,14). The lowest BCUT2D eigenvalue weighted by Gasteiger charge is -2.10. The van der Waals surface area contributed by atoms with Crippen LogP contribution in [0.25, 0.3) is 0 Å². The maximum Gasteiger partial charge on any atom is 0.303 e. The quantitative estimate of drug-likeness (QED) is 0.595. The Morgan fingerprint density at radius 1 is 0.759 bits per heavy atom. The molecule has 158 valence electrons. The SMILES string of the molecule is Cc1cc(C)c(CCCC(=O)O)c(C)c1.Cc1cccc(CCCC(=O)O)c1C. The van der Waals surface area contributed by atoms with E-state index in [0.717, 1.165) is 25.7 Å². The number of aliphatic carboxylic acids is 2. The first-order valence-electron chi connectivity index (χ1n) is 10.2. The number of aryl methyl sites for hydroxylation is 5. The summed E-state index contributed by atoms with van der Waals surface area (Å²) in [5, 5.41) is 17.1. The van der Waals surface area contributed by atoms with Crippen molar-refractivity contribution in [2.75, 3.05) is 0 Å². The molecule has 2 N–H and O–H groups in total. The highest BCUT2D eigenvalue weighted by Crippen LogP contribution is 2.18. The summed E-state index contributed by atoms with van der Waals surface area (Å²) in [5.41, 5.74) is 8.96. The average molecular weight is 399 g/mol. The van der Waals surface area contributed by atoms with Crippen molar-refractivity contribution < 1.29 is 19.8 Å². The highest BCUT2D eigenvalue weighted by Gasteiger charge is 2.05. The molecule has 0 saturated heterocycles. The summed E-state index contributed by atoms with van der Waals surface area (Å²) < 4.78 is 0. The molecule has 0 saturated carbocycles. The van der Waals surface area contributed by atoms with Crippen molar-refractivity contribution in [1.29, 1.82) is 0 Å². The van der Waals surface area contributed by atoms with Crippen molar-refractivity contribution in [1.82, 2.24) is 0 Å². The van der Waals surface area contributed by atoms with Crippen molar-refractivity contribution in [3.63, 3.8) is 0 Å². The number of carboxylic acids is 2. The molecular weight excluding hydrogens is 364 g/mol. The molecule has 4 heteroatoms. The molecule has 0 aromatic heterocycles. The molecule has 0 radical (unpaired) electrons. The van der Waals surface area contributed by atoms with Gasteiger partial charge in [0.1, 0.15) is 0 Å². The summed E-state index contributed by atoms with van der Waals surface area (Å²) in [5.74, 6) is -1.42. The van der Waals surface area contributed by atoms with E-state index in [0.29, 0.717) is 0 Å². The molecule has 0 unspecified atom stereocenters. The van der Waals surface area contributed by atoms with E-state index < -0.39 is 11.9 Å². The van der Waals surface area contributed by atoms with Crippen molar-refractivity contribution >= 4 is 11.9 Å². The third kappa shape index (κ3) is 8.95. The second-order valence-corrected chi connectivity index (χ2v) is 7.73. The average Bonchev–Trinajstić information content (AvgIpc) is 2.61. The molecule has 0 heterocycles. The van der Waals surface area contributed by atoms with Crippen LogP contribution in [0.5, 0.6) is 0 Å². The van der Waals surface area contributed by atoms with Crippen LogP contribution < -0.4 is 0 Å². The van der Waals surface area contributed by atoms with Gasteiger partial charge in [-0.25, -0.2) is 0 Å². The highest BCUT2D eigenvalue weighted by molar-refractivity contribution is 5.67. The smallest absolute Gasteiger partial charge is 0.303 e.